The van der Waals surface area contributed by atoms with Gasteiger partial charge in [0.2, 0.25) is 0 Å². The van der Waals surface area contributed by atoms with Crippen LogP contribution in [-0.2, 0) is 9.53 Å². The van der Waals surface area contributed by atoms with Crippen LogP contribution in [0.2, 0.25) is 0 Å². The summed E-state index contributed by atoms with van der Waals surface area (Å²) in [5, 5.41) is 0. The van der Waals surface area contributed by atoms with Gasteiger partial charge in [0.1, 0.15) is 5.75 Å². The second kappa shape index (κ2) is 8.02. The lowest BCUT2D eigenvalue weighted by atomic mass is 10.0. The molecule has 1 atom stereocenters. The summed E-state index contributed by atoms with van der Waals surface area (Å²) in [4.78, 5) is 13.9. The maximum atomic E-state index is 11.9. The van der Waals surface area contributed by atoms with Gasteiger partial charge < -0.3 is 14.4 Å². The van der Waals surface area contributed by atoms with Crippen LogP contribution in [0.15, 0.2) is 24.3 Å². The number of ether oxygens (including phenoxy) is 2. The summed E-state index contributed by atoms with van der Waals surface area (Å²) in [6.45, 7) is 7.21. The third kappa shape index (κ3) is 5.72. The molecule has 0 saturated heterocycles. The van der Waals surface area contributed by atoms with Crippen LogP contribution in [0.5, 0.6) is 5.75 Å². The zero-order valence-electron chi connectivity index (χ0n) is 13.1. The van der Waals surface area contributed by atoms with Gasteiger partial charge in [-0.15, -0.1) is 0 Å². The van der Waals surface area contributed by atoms with Crippen LogP contribution in [0, 0.1) is 0 Å². The molecule has 1 unspecified atom stereocenters. The number of carbonyl (C=O) groups excluding carboxylic acids is 1. The summed E-state index contributed by atoms with van der Waals surface area (Å²) in [6.07, 6.45) is -0.558. The molecule has 1 aromatic rings. The highest BCUT2D eigenvalue weighted by molar-refractivity contribution is 5.76. The maximum absolute atomic E-state index is 11.9. The van der Waals surface area contributed by atoms with Gasteiger partial charge in [-0.1, -0.05) is 26.0 Å². The SMILES string of the molecule is CC(OCCN(C)C)C(=O)Oc1cccc(C(C)C)c1. The van der Waals surface area contributed by atoms with Crippen molar-refractivity contribution in [1.29, 1.82) is 0 Å². The molecule has 4 heteroatoms. The van der Waals surface area contributed by atoms with Gasteiger partial charge >= 0.3 is 5.97 Å². The second-order valence-electron chi connectivity index (χ2n) is 5.46. The van der Waals surface area contributed by atoms with Gasteiger partial charge in [-0.05, 0) is 44.6 Å². The van der Waals surface area contributed by atoms with Crippen LogP contribution < -0.4 is 4.74 Å². The molecule has 0 N–H and O–H groups in total. The third-order valence-corrected chi connectivity index (χ3v) is 2.98. The molecule has 20 heavy (non-hydrogen) atoms. The average Bonchev–Trinajstić information content (AvgIpc) is 2.38. The molecule has 0 fully saturated rings. The van der Waals surface area contributed by atoms with E-state index in [9.17, 15) is 4.79 Å². The fraction of sp³-hybridized carbons (Fsp3) is 0.562. The number of likely N-dealkylation sites (N-methyl/N-ethyl adjacent to an activating group) is 1. The van der Waals surface area contributed by atoms with Crippen molar-refractivity contribution < 1.29 is 14.3 Å². The molecule has 0 heterocycles. The highest BCUT2D eigenvalue weighted by Gasteiger charge is 2.16. The van der Waals surface area contributed by atoms with E-state index in [0.717, 1.165) is 12.1 Å². The summed E-state index contributed by atoms with van der Waals surface area (Å²) >= 11 is 0. The molecule has 0 amide bonds. The summed E-state index contributed by atoms with van der Waals surface area (Å²) in [5.41, 5.74) is 1.15. The molecule has 0 spiro atoms. The average molecular weight is 279 g/mol. The van der Waals surface area contributed by atoms with E-state index in [1.807, 2.05) is 37.2 Å². The number of esters is 1. The zero-order valence-corrected chi connectivity index (χ0v) is 13.1. The summed E-state index contributed by atoms with van der Waals surface area (Å²) in [7, 11) is 3.92. The van der Waals surface area contributed by atoms with Crippen LogP contribution in [0.4, 0.5) is 0 Å². The van der Waals surface area contributed by atoms with Gasteiger partial charge in [0.05, 0.1) is 6.61 Å². The zero-order chi connectivity index (χ0) is 15.1. The highest BCUT2D eigenvalue weighted by atomic mass is 16.6. The number of hydrogen-bond donors (Lipinski definition) is 0. The van der Waals surface area contributed by atoms with Crippen molar-refractivity contribution in [3.05, 3.63) is 29.8 Å². The quantitative estimate of drug-likeness (QED) is 0.568. The molecule has 4 nitrogen and oxygen atoms in total. The minimum Gasteiger partial charge on any atom is -0.425 e. The van der Waals surface area contributed by atoms with Crippen molar-refractivity contribution in [1.82, 2.24) is 4.90 Å². The van der Waals surface area contributed by atoms with E-state index in [2.05, 4.69) is 13.8 Å². The molecule has 0 saturated carbocycles. The predicted octanol–water partition coefficient (Wildman–Crippen LogP) is 2.68. The number of hydrogen-bond acceptors (Lipinski definition) is 4. The van der Waals surface area contributed by atoms with Crippen molar-refractivity contribution >= 4 is 5.97 Å². The molecule has 112 valence electrons. The fourth-order valence-corrected chi connectivity index (χ4v) is 1.62. The van der Waals surface area contributed by atoms with Crippen molar-refractivity contribution in [2.45, 2.75) is 32.8 Å². The van der Waals surface area contributed by atoms with Crippen LogP contribution in [0.3, 0.4) is 0 Å². The van der Waals surface area contributed by atoms with Gasteiger partial charge in [0.15, 0.2) is 6.10 Å². The van der Waals surface area contributed by atoms with Crippen molar-refractivity contribution in [3.63, 3.8) is 0 Å². The van der Waals surface area contributed by atoms with Crippen molar-refractivity contribution in [2.24, 2.45) is 0 Å². The van der Waals surface area contributed by atoms with Gasteiger partial charge in [-0.2, -0.15) is 0 Å². The summed E-state index contributed by atoms with van der Waals surface area (Å²) < 4.78 is 10.8. The molecule has 0 radical (unpaired) electrons. The van der Waals surface area contributed by atoms with Gasteiger partial charge in [0, 0.05) is 6.54 Å². The Hall–Kier alpha value is -1.39. The minimum absolute atomic E-state index is 0.357. The summed E-state index contributed by atoms with van der Waals surface area (Å²) in [5.74, 6) is 0.622. The monoisotopic (exact) mass is 279 g/mol. The number of benzene rings is 1. The number of carbonyl (C=O) groups is 1. The van der Waals surface area contributed by atoms with E-state index >= 15 is 0 Å². The van der Waals surface area contributed by atoms with Crippen LogP contribution in [0.1, 0.15) is 32.3 Å². The molecule has 1 aromatic carbocycles. The Kier molecular flexibility index (Phi) is 6.68. The largest absolute Gasteiger partial charge is 0.425 e. The molecule has 0 aliphatic carbocycles. The Morgan fingerprint density at radius 3 is 2.55 bits per heavy atom. The lowest BCUT2D eigenvalue weighted by Gasteiger charge is -2.15. The number of nitrogens with zero attached hydrogens (tertiary/aromatic N) is 1. The van der Waals surface area contributed by atoms with Crippen molar-refractivity contribution in [2.75, 3.05) is 27.2 Å². The lowest BCUT2D eigenvalue weighted by Crippen LogP contribution is -2.29. The first-order valence-electron chi connectivity index (χ1n) is 6.98. The van der Waals surface area contributed by atoms with E-state index in [1.54, 1.807) is 13.0 Å². The lowest BCUT2D eigenvalue weighted by molar-refractivity contribution is -0.146. The number of rotatable bonds is 7. The van der Waals surface area contributed by atoms with Crippen molar-refractivity contribution in [3.8, 4) is 5.75 Å². The Morgan fingerprint density at radius 1 is 1.25 bits per heavy atom. The first-order valence-corrected chi connectivity index (χ1v) is 6.98. The van der Waals surface area contributed by atoms with Crippen LogP contribution in [-0.4, -0.2) is 44.2 Å². The van der Waals surface area contributed by atoms with E-state index in [4.69, 9.17) is 9.47 Å². The van der Waals surface area contributed by atoms with Gasteiger partial charge in [-0.25, -0.2) is 4.79 Å². The van der Waals surface area contributed by atoms with Gasteiger partial charge in [-0.3, -0.25) is 0 Å². The standard InChI is InChI=1S/C16H25NO3/c1-12(2)14-7-6-8-15(11-14)20-16(18)13(3)19-10-9-17(4)5/h6-8,11-13H,9-10H2,1-5H3. The maximum Gasteiger partial charge on any atom is 0.340 e. The molecular formula is C16H25NO3. The van der Waals surface area contributed by atoms with Crippen LogP contribution in [0.25, 0.3) is 0 Å². The molecule has 0 aliphatic rings. The molecule has 1 rings (SSSR count). The Morgan fingerprint density at radius 2 is 1.95 bits per heavy atom. The Bertz CT molecular complexity index is 429. The smallest absolute Gasteiger partial charge is 0.340 e. The Balaban J connectivity index is 2.50. The van der Waals surface area contributed by atoms with Gasteiger partial charge in [0.25, 0.3) is 0 Å². The second-order valence-corrected chi connectivity index (χ2v) is 5.46. The van der Waals surface area contributed by atoms with E-state index in [-0.39, 0.29) is 5.97 Å². The minimum atomic E-state index is -0.558. The molecule has 0 aromatic heterocycles. The first-order chi connectivity index (χ1) is 9.40. The first kappa shape index (κ1) is 16.7. The summed E-state index contributed by atoms with van der Waals surface area (Å²) in [6, 6.07) is 7.61. The van der Waals surface area contributed by atoms with Crippen LogP contribution >= 0.6 is 0 Å². The predicted molar refractivity (Wildman–Crippen MR) is 80.1 cm³/mol. The molecular weight excluding hydrogens is 254 g/mol. The molecule has 0 aliphatic heterocycles. The third-order valence-electron chi connectivity index (χ3n) is 2.98. The topological polar surface area (TPSA) is 38.8 Å². The van der Waals surface area contributed by atoms with E-state index < -0.39 is 6.10 Å². The highest BCUT2D eigenvalue weighted by Crippen LogP contribution is 2.20. The fourth-order valence-electron chi connectivity index (χ4n) is 1.62. The Labute approximate surface area is 121 Å². The van der Waals surface area contributed by atoms with E-state index in [0.29, 0.717) is 18.3 Å². The normalized spacial score (nSPS) is 12.8. The molecule has 0 bridgehead atoms. The van der Waals surface area contributed by atoms with E-state index in [1.165, 1.54) is 0 Å².